The molecule has 1 N–H and O–H groups in total. The Kier molecular flexibility index (Phi) is 3.66. The zero-order valence-electron chi connectivity index (χ0n) is 9.26. The van der Waals surface area contributed by atoms with Crippen molar-refractivity contribution in [3.05, 3.63) is 47.1 Å². The molecule has 0 aliphatic rings. The normalized spacial score (nSPS) is 12.4. The third-order valence-corrected chi connectivity index (χ3v) is 2.61. The van der Waals surface area contributed by atoms with Crippen LogP contribution in [-0.2, 0) is 0 Å². The van der Waals surface area contributed by atoms with Gasteiger partial charge in [0.1, 0.15) is 11.9 Å². The number of halogens is 1. The molecule has 2 heterocycles. The van der Waals surface area contributed by atoms with Crippen LogP contribution in [0.25, 0.3) is 0 Å². The number of pyridine rings is 1. The van der Waals surface area contributed by atoms with Gasteiger partial charge in [-0.1, -0.05) is 0 Å². The molecule has 0 amide bonds. The molecule has 0 aromatic carbocycles. The summed E-state index contributed by atoms with van der Waals surface area (Å²) in [5.74, 6) is 0.615. The summed E-state index contributed by atoms with van der Waals surface area (Å²) in [4.78, 5) is 4.01. The van der Waals surface area contributed by atoms with E-state index < -0.39 is 6.10 Å². The zero-order chi connectivity index (χ0) is 12.3. The lowest BCUT2D eigenvalue weighted by molar-refractivity contribution is 0.218. The van der Waals surface area contributed by atoms with E-state index in [0.29, 0.717) is 23.5 Å². The first-order valence-electron chi connectivity index (χ1n) is 5.21. The van der Waals surface area contributed by atoms with E-state index in [2.05, 4.69) is 4.98 Å². The highest BCUT2D eigenvalue weighted by Crippen LogP contribution is 2.29. The van der Waals surface area contributed by atoms with Gasteiger partial charge < -0.3 is 14.3 Å². The predicted molar refractivity (Wildman–Crippen MR) is 63.2 cm³/mol. The first kappa shape index (κ1) is 12.0. The fourth-order valence-corrected chi connectivity index (χ4v) is 1.73. The largest absolute Gasteiger partial charge is 0.492 e. The van der Waals surface area contributed by atoms with Gasteiger partial charge in [-0.2, -0.15) is 0 Å². The molecule has 1 atom stereocenters. The molecular weight excluding hydrogens is 242 g/mol. The van der Waals surface area contributed by atoms with E-state index in [9.17, 15) is 5.11 Å². The maximum absolute atomic E-state index is 10.1. The molecule has 2 rings (SSSR count). The van der Waals surface area contributed by atoms with Crippen LogP contribution in [0.5, 0.6) is 5.75 Å². The van der Waals surface area contributed by atoms with Gasteiger partial charge in [0, 0.05) is 17.3 Å². The SMILES string of the molecule is CCOc1cncc(C(O)c2ccoc2Cl)c1. The minimum atomic E-state index is -0.867. The average molecular weight is 254 g/mol. The lowest BCUT2D eigenvalue weighted by atomic mass is 10.1. The van der Waals surface area contributed by atoms with Gasteiger partial charge in [0.2, 0.25) is 0 Å². The van der Waals surface area contributed by atoms with Crippen molar-refractivity contribution in [1.82, 2.24) is 4.98 Å². The quantitative estimate of drug-likeness (QED) is 0.910. The van der Waals surface area contributed by atoms with Gasteiger partial charge in [0.05, 0.1) is 19.1 Å². The smallest absolute Gasteiger partial charge is 0.199 e. The molecule has 0 bridgehead atoms. The first-order valence-corrected chi connectivity index (χ1v) is 5.59. The van der Waals surface area contributed by atoms with Crippen molar-refractivity contribution in [1.29, 1.82) is 0 Å². The summed E-state index contributed by atoms with van der Waals surface area (Å²) in [5.41, 5.74) is 1.13. The third-order valence-electron chi connectivity index (χ3n) is 2.30. The van der Waals surface area contributed by atoms with Crippen molar-refractivity contribution in [3.63, 3.8) is 0 Å². The fourth-order valence-electron chi connectivity index (χ4n) is 1.51. The van der Waals surface area contributed by atoms with Crippen LogP contribution in [-0.4, -0.2) is 16.7 Å². The summed E-state index contributed by atoms with van der Waals surface area (Å²) in [6, 6.07) is 3.35. The summed E-state index contributed by atoms with van der Waals surface area (Å²) in [5, 5.41) is 10.3. The number of aromatic nitrogens is 1. The Morgan fingerprint density at radius 1 is 1.53 bits per heavy atom. The van der Waals surface area contributed by atoms with Crippen LogP contribution in [0.4, 0.5) is 0 Å². The topological polar surface area (TPSA) is 55.5 Å². The number of aliphatic hydroxyl groups excluding tert-OH is 1. The highest BCUT2D eigenvalue weighted by atomic mass is 35.5. The van der Waals surface area contributed by atoms with Crippen molar-refractivity contribution in [2.45, 2.75) is 13.0 Å². The van der Waals surface area contributed by atoms with Gasteiger partial charge >= 0.3 is 0 Å². The van der Waals surface area contributed by atoms with Crippen LogP contribution in [0.1, 0.15) is 24.2 Å². The molecule has 0 saturated heterocycles. The zero-order valence-corrected chi connectivity index (χ0v) is 10.0. The minimum absolute atomic E-state index is 0.180. The minimum Gasteiger partial charge on any atom is -0.492 e. The van der Waals surface area contributed by atoms with E-state index in [1.54, 1.807) is 24.5 Å². The van der Waals surface area contributed by atoms with Crippen LogP contribution in [0, 0.1) is 0 Å². The van der Waals surface area contributed by atoms with E-state index >= 15 is 0 Å². The van der Waals surface area contributed by atoms with E-state index in [0.717, 1.165) is 0 Å². The van der Waals surface area contributed by atoms with Gasteiger partial charge in [-0.05, 0) is 30.7 Å². The standard InChI is InChI=1S/C12H12ClNO3/c1-2-16-9-5-8(6-14-7-9)11(15)10-3-4-17-12(10)13/h3-7,11,15H,2H2,1H3. The van der Waals surface area contributed by atoms with Crippen molar-refractivity contribution >= 4 is 11.6 Å². The second kappa shape index (κ2) is 5.21. The molecular formula is C12H12ClNO3. The maximum Gasteiger partial charge on any atom is 0.199 e. The summed E-state index contributed by atoms with van der Waals surface area (Å²) in [7, 11) is 0. The number of aliphatic hydroxyl groups is 1. The number of furan rings is 1. The van der Waals surface area contributed by atoms with Gasteiger partial charge in [-0.15, -0.1) is 0 Å². The van der Waals surface area contributed by atoms with E-state index in [4.69, 9.17) is 20.8 Å². The fraction of sp³-hybridized carbons (Fsp3) is 0.250. The lowest BCUT2D eigenvalue weighted by Crippen LogP contribution is -2.01. The average Bonchev–Trinajstić information content (AvgIpc) is 2.75. The molecule has 0 radical (unpaired) electrons. The van der Waals surface area contributed by atoms with Crippen LogP contribution >= 0.6 is 11.6 Å². The Balaban J connectivity index is 2.28. The molecule has 0 aliphatic carbocycles. The van der Waals surface area contributed by atoms with E-state index in [1.165, 1.54) is 6.26 Å². The van der Waals surface area contributed by atoms with Gasteiger partial charge in [-0.3, -0.25) is 4.98 Å². The van der Waals surface area contributed by atoms with Gasteiger partial charge in [0.15, 0.2) is 5.22 Å². The highest BCUT2D eigenvalue weighted by Gasteiger charge is 2.17. The molecule has 90 valence electrons. The van der Waals surface area contributed by atoms with Crippen LogP contribution in [0.2, 0.25) is 5.22 Å². The maximum atomic E-state index is 10.1. The molecule has 17 heavy (non-hydrogen) atoms. The van der Waals surface area contributed by atoms with Crippen LogP contribution in [0.3, 0.4) is 0 Å². The summed E-state index contributed by atoms with van der Waals surface area (Å²) in [6.07, 6.45) is 3.72. The van der Waals surface area contributed by atoms with Crippen molar-refractivity contribution in [2.75, 3.05) is 6.61 Å². The number of rotatable bonds is 4. The molecule has 2 aromatic rings. The molecule has 0 fully saturated rings. The lowest BCUT2D eigenvalue weighted by Gasteiger charge is -2.10. The summed E-state index contributed by atoms with van der Waals surface area (Å²) < 4.78 is 10.3. The third kappa shape index (κ3) is 2.60. The molecule has 5 heteroatoms. The van der Waals surface area contributed by atoms with E-state index in [1.807, 2.05) is 6.92 Å². The second-order valence-corrected chi connectivity index (χ2v) is 3.78. The Bertz CT molecular complexity index is 498. The van der Waals surface area contributed by atoms with Crippen LogP contribution < -0.4 is 4.74 Å². The monoisotopic (exact) mass is 253 g/mol. The van der Waals surface area contributed by atoms with E-state index in [-0.39, 0.29) is 5.22 Å². The molecule has 0 aliphatic heterocycles. The van der Waals surface area contributed by atoms with Gasteiger partial charge in [0.25, 0.3) is 0 Å². The molecule has 1 unspecified atom stereocenters. The Morgan fingerprint density at radius 3 is 3.00 bits per heavy atom. The highest BCUT2D eigenvalue weighted by molar-refractivity contribution is 6.29. The number of nitrogens with zero attached hydrogens (tertiary/aromatic N) is 1. The Hall–Kier alpha value is -1.52. The summed E-state index contributed by atoms with van der Waals surface area (Å²) >= 11 is 5.81. The second-order valence-electron chi connectivity index (χ2n) is 3.44. The Labute approximate surface area is 104 Å². The van der Waals surface area contributed by atoms with Crippen molar-refractivity contribution < 1.29 is 14.3 Å². The number of hydrogen-bond acceptors (Lipinski definition) is 4. The molecule has 0 saturated carbocycles. The number of hydrogen-bond donors (Lipinski definition) is 1. The first-order chi connectivity index (χ1) is 8.22. The van der Waals surface area contributed by atoms with Crippen molar-refractivity contribution in [3.8, 4) is 5.75 Å². The molecule has 2 aromatic heterocycles. The predicted octanol–water partition coefficient (Wildman–Crippen LogP) is 2.81. The van der Waals surface area contributed by atoms with Crippen LogP contribution in [0.15, 0.2) is 35.2 Å². The Morgan fingerprint density at radius 2 is 2.35 bits per heavy atom. The summed E-state index contributed by atoms with van der Waals surface area (Å²) in [6.45, 7) is 2.43. The van der Waals surface area contributed by atoms with Crippen molar-refractivity contribution in [2.24, 2.45) is 0 Å². The molecule has 0 spiro atoms. The van der Waals surface area contributed by atoms with Gasteiger partial charge in [-0.25, -0.2) is 0 Å². The molecule has 4 nitrogen and oxygen atoms in total. The number of ether oxygens (including phenoxy) is 1.